The van der Waals surface area contributed by atoms with Crippen molar-refractivity contribution in [2.75, 3.05) is 24.0 Å². The molecule has 144 valence electrons. The highest BCUT2D eigenvalue weighted by molar-refractivity contribution is 5.83. The van der Waals surface area contributed by atoms with Gasteiger partial charge in [-0.05, 0) is 68.7 Å². The maximum atomic E-state index is 4.88. The minimum atomic E-state index is 1.07. The third-order valence-electron chi connectivity index (χ3n) is 4.89. The zero-order valence-corrected chi connectivity index (χ0v) is 17.7. The number of aryl methyl sites for hydroxylation is 4. The molecule has 0 radical (unpaired) electrons. The van der Waals surface area contributed by atoms with Crippen molar-refractivity contribution in [3.8, 4) is 0 Å². The van der Waals surface area contributed by atoms with E-state index in [1.807, 2.05) is 25.3 Å². The van der Waals surface area contributed by atoms with Gasteiger partial charge in [0, 0.05) is 19.8 Å². The number of hydrogen-bond acceptors (Lipinski definition) is 3. The Labute approximate surface area is 168 Å². The Morgan fingerprint density at radius 3 is 1.61 bits per heavy atom. The van der Waals surface area contributed by atoms with Crippen molar-refractivity contribution in [1.82, 2.24) is 0 Å². The summed E-state index contributed by atoms with van der Waals surface area (Å²) in [6, 6.07) is 21.4. The fourth-order valence-electron chi connectivity index (χ4n) is 3.32. The molecule has 0 aromatic heterocycles. The molecule has 0 saturated carbocycles. The molecule has 0 bridgehead atoms. The smallest absolute Gasteiger partial charge is 0.0682 e. The van der Waals surface area contributed by atoms with Gasteiger partial charge < -0.3 is 4.90 Å². The van der Waals surface area contributed by atoms with Crippen LogP contribution in [0.25, 0.3) is 0 Å². The largest absolute Gasteiger partial charge is 0.378 e. The zero-order valence-electron chi connectivity index (χ0n) is 17.7. The van der Waals surface area contributed by atoms with Crippen LogP contribution in [0.5, 0.6) is 0 Å². The van der Waals surface area contributed by atoms with Crippen LogP contribution in [0.1, 0.15) is 27.8 Å². The van der Waals surface area contributed by atoms with Crippen LogP contribution in [0, 0.1) is 27.7 Å². The standard InChI is InChI=1S/C25H29N3/c1-18-7-13-24(20(3)15-18)28(25-14-8-19(2)16-21(25)4)26-17-22-9-11-23(12-10-22)27(5)6/h7-17H,1-6H3. The minimum absolute atomic E-state index is 1.07. The Kier molecular flexibility index (Phi) is 5.84. The highest BCUT2D eigenvalue weighted by Gasteiger charge is 2.13. The first-order chi connectivity index (χ1) is 13.3. The number of benzene rings is 3. The summed E-state index contributed by atoms with van der Waals surface area (Å²) in [5.41, 5.74) is 9.37. The number of anilines is 3. The van der Waals surface area contributed by atoms with Gasteiger partial charge in [0.05, 0.1) is 17.6 Å². The quantitative estimate of drug-likeness (QED) is 0.395. The third kappa shape index (κ3) is 4.42. The molecule has 0 aliphatic heterocycles. The molecular formula is C25H29N3. The van der Waals surface area contributed by atoms with Crippen molar-refractivity contribution in [2.24, 2.45) is 5.10 Å². The summed E-state index contributed by atoms with van der Waals surface area (Å²) in [5.74, 6) is 0. The first kappa shape index (κ1) is 19.7. The lowest BCUT2D eigenvalue weighted by Gasteiger charge is -2.23. The molecule has 0 N–H and O–H groups in total. The van der Waals surface area contributed by atoms with Gasteiger partial charge in [0.25, 0.3) is 0 Å². The molecule has 3 heteroatoms. The highest BCUT2D eigenvalue weighted by atomic mass is 15.5. The van der Waals surface area contributed by atoms with Crippen LogP contribution < -0.4 is 9.91 Å². The van der Waals surface area contributed by atoms with Crippen molar-refractivity contribution in [3.63, 3.8) is 0 Å². The minimum Gasteiger partial charge on any atom is -0.378 e. The molecule has 0 spiro atoms. The molecule has 0 atom stereocenters. The lowest BCUT2D eigenvalue weighted by atomic mass is 10.1. The molecule has 3 aromatic rings. The number of rotatable bonds is 5. The summed E-state index contributed by atoms with van der Waals surface area (Å²) in [4.78, 5) is 2.10. The average Bonchev–Trinajstić information content (AvgIpc) is 2.64. The summed E-state index contributed by atoms with van der Waals surface area (Å²) in [6.07, 6.45) is 1.93. The van der Waals surface area contributed by atoms with Gasteiger partial charge in [-0.15, -0.1) is 0 Å². The molecule has 0 aliphatic rings. The van der Waals surface area contributed by atoms with Gasteiger partial charge in [-0.1, -0.05) is 47.5 Å². The number of hydrazone groups is 1. The second kappa shape index (κ2) is 8.30. The lowest BCUT2D eigenvalue weighted by Crippen LogP contribution is -2.12. The Bertz CT molecular complexity index is 934. The van der Waals surface area contributed by atoms with Gasteiger partial charge in [0.15, 0.2) is 0 Å². The predicted molar refractivity (Wildman–Crippen MR) is 122 cm³/mol. The van der Waals surface area contributed by atoms with Gasteiger partial charge in [-0.25, -0.2) is 5.01 Å². The van der Waals surface area contributed by atoms with Crippen LogP contribution in [0.4, 0.5) is 17.1 Å². The number of nitrogens with zero attached hydrogens (tertiary/aromatic N) is 3. The van der Waals surface area contributed by atoms with Crippen LogP contribution in [0.3, 0.4) is 0 Å². The van der Waals surface area contributed by atoms with Crippen LogP contribution in [-0.4, -0.2) is 20.3 Å². The number of hydrogen-bond donors (Lipinski definition) is 0. The van der Waals surface area contributed by atoms with Crippen molar-refractivity contribution >= 4 is 23.3 Å². The summed E-state index contributed by atoms with van der Waals surface area (Å²) >= 11 is 0. The van der Waals surface area contributed by atoms with Crippen molar-refractivity contribution in [2.45, 2.75) is 27.7 Å². The fraction of sp³-hybridized carbons (Fsp3) is 0.240. The Hall–Kier alpha value is -3.07. The molecule has 0 saturated heterocycles. The monoisotopic (exact) mass is 371 g/mol. The maximum absolute atomic E-state index is 4.88. The van der Waals surface area contributed by atoms with E-state index < -0.39 is 0 Å². The summed E-state index contributed by atoms with van der Waals surface area (Å²) in [5, 5.41) is 6.93. The summed E-state index contributed by atoms with van der Waals surface area (Å²) < 4.78 is 0. The van der Waals surface area contributed by atoms with E-state index in [1.54, 1.807) is 0 Å². The SMILES string of the molecule is Cc1ccc(N(N=Cc2ccc(N(C)C)cc2)c2ccc(C)cc2C)c(C)c1. The maximum Gasteiger partial charge on any atom is 0.0682 e. The van der Waals surface area contributed by atoms with E-state index in [4.69, 9.17) is 5.10 Å². The van der Waals surface area contributed by atoms with Gasteiger partial charge in [-0.3, -0.25) is 0 Å². The van der Waals surface area contributed by atoms with Crippen LogP contribution in [-0.2, 0) is 0 Å². The summed E-state index contributed by atoms with van der Waals surface area (Å²) in [6.45, 7) is 8.52. The van der Waals surface area contributed by atoms with Crippen LogP contribution in [0.15, 0.2) is 65.8 Å². The summed E-state index contributed by atoms with van der Waals surface area (Å²) in [7, 11) is 4.09. The molecule has 3 nitrogen and oxygen atoms in total. The van der Waals surface area contributed by atoms with Crippen LogP contribution in [0.2, 0.25) is 0 Å². The normalized spacial score (nSPS) is 11.1. The molecule has 0 heterocycles. The molecule has 0 amide bonds. The van der Waals surface area contributed by atoms with Crippen molar-refractivity contribution in [3.05, 3.63) is 88.5 Å². The second-order valence-corrected chi connectivity index (χ2v) is 7.62. The molecule has 3 aromatic carbocycles. The van der Waals surface area contributed by atoms with E-state index in [9.17, 15) is 0 Å². The molecule has 28 heavy (non-hydrogen) atoms. The van der Waals surface area contributed by atoms with Gasteiger partial charge in [0.2, 0.25) is 0 Å². The fourth-order valence-corrected chi connectivity index (χ4v) is 3.32. The van der Waals surface area contributed by atoms with E-state index in [0.29, 0.717) is 0 Å². The average molecular weight is 372 g/mol. The highest BCUT2D eigenvalue weighted by Crippen LogP contribution is 2.32. The Morgan fingerprint density at radius 1 is 0.679 bits per heavy atom. The van der Waals surface area contributed by atoms with Gasteiger partial charge >= 0.3 is 0 Å². The van der Waals surface area contributed by atoms with E-state index in [-0.39, 0.29) is 0 Å². The molecular weight excluding hydrogens is 342 g/mol. The Balaban J connectivity index is 2.03. The predicted octanol–water partition coefficient (Wildman–Crippen LogP) is 6.16. The van der Waals surface area contributed by atoms with E-state index in [2.05, 4.69) is 93.3 Å². The first-order valence-electron chi connectivity index (χ1n) is 9.61. The third-order valence-corrected chi connectivity index (χ3v) is 4.89. The zero-order chi connectivity index (χ0) is 20.3. The molecule has 0 aliphatic carbocycles. The van der Waals surface area contributed by atoms with E-state index >= 15 is 0 Å². The van der Waals surface area contributed by atoms with Crippen molar-refractivity contribution in [1.29, 1.82) is 0 Å². The van der Waals surface area contributed by atoms with Crippen molar-refractivity contribution < 1.29 is 0 Å². The van der Waals surface area contributed by atoms with Crippen LogP contribution >= 0.6 is 0 Å². The topological polar surface area (TPSA) is 18.8 Å². The van der Waals surface area contributed by atoms with E-state index in [0.717, 1.165) is 16.9 Å². The Morgan fingerprint density at radius 2 is 1.18 bits per heavy atom. The van der Waals surface area contributed by atoms with E-state index in [1.165, 1.54) is 27.9 Å². The molecule has 0 unspecified atom stereocenters. The lowest BCUT2D eigenvalue weighted by molar-refractivity contribution is 1.06. The first-order valence-corrected chi connectivity index (χ1v) is 9.61. The van der Waals surface area contributed by atoms with Gasteiger partial charge in [0.1, 0.15) is 0 Å². The second-order valence-electron chi connectivity index (χ2n) is 7.62. The molecule has 0 fully saturated rings. The molecule has 3 rings (SSSR count). The van der Waals surface area contributed by atoms with Gasteiger partial charge in [-0.2, -0.15) is 5.10 Å².